The normalized spacial score (nSPS) is 15.3. The third kappa shape index (κ3) is 4.16. The van der Waals surface area contributed by atoms with Crippen molar-refractivity contribution >= 4 is 38.3 Å². The van der Waals surface area contributed by atoms with Crippen LogP contribution in [0.2, 0.25) is 0 Å². The van der Waals surface area contributed by atoms with E-state index in [0.29, 0.717) is 39.1 Å². The topological polar surface area (TPSA) is 122 Å². The molecule has 5 rings (SSSR count). The Morgan fingerprint density at radius 1 is 1.24 bits per heavy atom. The Balaban J connectivity index is 1.44. The number of alkyl halides is 2. The molecule has 1 aliphatic carbocycles. The number of para-hydroxylation sites is 1. The molecule has 0 unspecified atom stereocenters. The summed E-state index contributed by atoms with van der Waals surface area (Å²) in [6.45, 7) is 0.414. The molecule has 174 valence electrons. The van der Waals surface area contributed by atoms with E-state index in [1.54, 1.807) is 41.5 Å². The molecule has 2 aromatic carbocycles. The predicted molar refractivity (Wildman–Crippen MR) is 124 cm³/mol. The zero-order chi connectivity index (χ0) is 24.0. The maximum Gasteiger partial charge on any atom is 0.334 e. The van der Waals surface area contributed by atoms with Gasteiger partial charge in [0.15, 0.2) is 0 Å². The second kappa shape index (κ2) is 8.28. The lowest BCUT2D eigenvalue weighted by Crippen LogP contribution is -2.37. The summed E-state index contributed by atoms with van der Waals surface area (Å²) in [6.07, 6.45) is 4.70. The number of benzene rings is 2. The van der Waals surface area contributed by atoms with E-state index in [9.17, 15) is 18.9 Å². The molecule has 0 atom stereocenters. The monoisotopic (exact) mass is 530 g/mol. The standard InChI is InChI=1S/C22H17BrF2N6O3/c23-19-17(34-18-3-1-2-14(26)21(18)31(32)33)5-4-15-20(19)29-16(9-27-15)13-8-28-30(11-13)10-12-6-22(24,25)7-12/h1-5,8-9,11-12H,6-7,10,26H2. The minimum absolute atomic E-state index is 0.00277. The van der Waals surface area contributed by atoms with Gasteiger partial charge < -0.3 is 10.5 Å². The van der Waals surface area contributed by atoms with Gasteiger partial charge in [0.2, 0.25) is 11.7 Å². The first kappa shape index (κ1) is 22.1. The van der Waals surface area contributed by atoms with Crippen LogP contribution in [0, 0.1) is 16.0 Å². The van der Waals surface area contributed by atoms with Crippen LogP contribution in [0.15, 0.2) is 53.4 Å². The minimum Gasteiger partial charge on any atom is -0.449 e. The van der Waals surface area contributed by atoms with Crippen LogP contribution in [-0.4, -0.2) is 30.6 Å². The van der Waals surface area contributed by atoms with E-state index >= 15 is 0 Å². The summed E-state index contributed by atoms with van der Waals surface area (Å²) >= 11 is 3.47. The highest BCUT2D eigenvalue weighted by atomic mass is 79.9. The lowest BCUT2D eigenvalue weighted by molar-refractivity contribution is -0.384. The number of aromatic nitrogens is 4. The number of hydrogen-bond donors (Lipinski definition) is 1. The molecule has 0 radical (unpaired) electrons. The number of fused-ring (bicyclic) bond motifs is 1. The average Bonchev–Trinajstić information content (AvgIpc) is 3.22. The second-order valence-corrected chi connectivity index (χ2v) is 8.93. The minimum atomic E-state index is -2.57. The molecule has 2 N–H and O–H groups in total. The van der Waals surface area contributed by atoms with Crippen LogP contribution in [0.4, 0.5) is 20.2 Å². The molecule has 9 nitrogen and oxygen atoms in total. The average molecular weight is 531 g/mol. The number of nitro groups is 1. The van der Waals surface area contributed by atoms with E-state index in [0.717, 1.165) is 0 Å². The summed E-state index contributed by atoms with van der Waals surface area (Å²) in [5, 5.41) is 15.7. The van der Waals surface area contributed by atoms with Gasteiger partial charge in [0, 0.05) is 31.1 Å². The van der Waals surface area contributed by atoms with Gasteiger partial charge in [-0.25, -0.2) is 13.8 Å². The fourth-order valence-corrected chi connectivity index (χ4v) is 4.46. The van der Waals surface area contributed by atoms with Crippen molar-refractivity contribution in [3.63, 3.8) is 0 Å². The first-order valence-corrected chi connectivity index (χ1v) is 11.1. The van der Waals surface area contributed by atoms with E-state index in [1.165, 1.54) is 12.1 Å². The van der Waals surface area contributed by atoms with Crippen molar-refractivity contribution in [3.05, 3.63) is 63.5 Å². The molecule has 1 saturated carbocycles. The third-order valence-corrected chi connectivity index (χ3v) is 6.37. The number of rotatable bonds is 6. The summed E-state index contributed by atoms with van der Waals surface area (Å²) in [5.41, 5.74) is 7.68. The Labute approximate surface area is 199 Å². The van der Waals surface area contributed by atoms with Crippen LogP contribution in [0.3, 0.4) is 0 Å². The molecule has 4 aromatic rings. The van der Waals surface area contributed by atoms with E-state index in [-0.39, 0.29) is 35.9 Å². The highest BCUT2D eigenvalue weighted by molar-refractivity contribution is 9.10. The van der Waals surface area contributed by atoms with Crippen LogP contribution in [0.25, 0.3) is 22.3 Å². The third-order valence-electron chi connectivity index (χ3n) is 5.60. The number of ether oxygens (including phenoxy) is 1. The molecule has 0 aliphatic heterocycles. The SMILES string of the molecule is Nc1cccc(Oc2ccc3ncc(-c4cnn(CC5CC(F)(F)C5)c4)nc3c2Br)c1[N+](=O)[O-]. The molecule has 1 aliphatic rings. The summed E-state index contributed by atoms with van der Waals surface area (Å²) in [6, 6.07) is 7.76. The van der Waals surface area contributed by atoms with E-state index < -0.39 is 10.8 Å². The van der Waals surface area contributed by atoms with Crippen molar-refractivity contribution in [3.8, 4) is 22.8 Å². The van der Waals surface area contributed by atoms with E-state index in [1.807, 2.05) is 0 Å². The zero-order valence-corrected chi connectivity index (χ0v) is 19.1. The van der Waals surface area contributed by atoms with Gasteiger partial charge in [0.1, 0.15) is 17.0 Å². The quantitative estimate of drug-likeness (QED) is 0.196. The van der Waals surface area contributed by atoms with Crippen molar-refractivity contribution < 1.29 is 18.4 Å². The number of halogens is 3. The molecular formula is C22H17BrF2N6O3. The van der Waals surface area contributed by atoms with Crippen LogP contribution >= 0.6 is 15.9 Å². The number of nitrogens with zero attached hydrogens (tertiary/aromatic N) is 5. The number of nitrogen functional groups attached to an aromatic ring is 1. The molecule has 0 saturated heterocycles. The van der Waals surface area contributed by atoms with Gasteiger partial charge in [-0.2, -0.15) is 5.10 Å². The Kier molecular flexibility index (Phi) is 5.39. The van der Waals surface area contributed by atoms with Gasteiger partial charge in [-0.1, -0.05) is 6.07 Å². The summed E-state index contributed by atoms with van der Waals surface area (Å²) < 4.78 is 34.1. The Bertz CT molecular complexity index is 1420. The molecule has 1 fully saturated rings. The van der Waals surface area contributed by atoms with Gasteiger partial charge in [-0.15, -0.1) is 0 Å². The maximum atomic E-state index is 13.1. The molecule has 2 heterocycles. The maximum absolute atomic E-state index is 13.1. The molecule has 0 spiro atoms. The zero-order valence-electron chi connectivity index (χ0n) is 17.5. The van der Waals surface area contributed by atoms with Crippen molar-refractivity contribution in [1.82, 2.24) is 19.7 Å². The molecule has 12 heteroatoms. The van der Waals surface area contributed by atoms with Crippen molar-refractivity contribution in [1.29, 1.82) is 0 Å². The molecule has 34 heavy (non-hydrogen) atoms. The van der Waals surface area contributed by atoms with Gasteiger partial charge >= 0.3 is 5.69 Å². The second-order valence-electron chi connectivity index (χ2n) is 8.14. The molecule has 0 bridgehead atoms. The van der Waals surface area contributed by atoms with Crippen molar-refractivity contribution in [2.45, 2.75) is 25.3 Å². The molecule has 2 aromatic heterocycles. The highest BCUT2D eigenvalue weighted by Gasteiger charge is 2.45. The van der Waals surface area contributed by atoms with Gasteiger partial charge in [-0.05, 0) is 46.1 Å². The Morgan fingerprint density at radius 3 is 2.76 bits per heavy atom. The lowest BCUT2D eigenvalue weighted by atomic mass is 9.81. The van der Waals surface area contributed by atoms with Crippen LogP contribution < -0.4 is 10.5 Å². The first-order chi connectivity index (χ1) is 16.2. The number of nitrogens with two attached hydrogens (primary N) is 1. The van der Waals surface area contributed by atoms with Crippen LogP contribution in [0.1, 0.15) is 12.8 Å². The fraction of sp³-hybridized carbons (Fsp3) is 0.227. The summed E-state index contributed by atoms with van der Waals surface area (Å²) in [5.74, 6) is -2.37. The first-order valence-electron chi connectivity index (χ1n) is 10.3. The van der Waals surface area contributed by atoms with Crippen LogP contribution in [-0.2, 0) is 6.54 Å². The van der Waals surface area contributed by atoms with E-state index in [2.05, 4.69) is 31.0 Å². The number of hydrogen-bond acceptors (Lipinski definition) is 7. The Hall–Kier alpha value is -3.67. The molecular weight excluding hydrogens is 514 g/mol. The smallest absolute Gasteiger partial charge is 0.334 e. The van der Waals surface area contributed by atoms with Crippen LogP contribution in [0.5, 0.6) is 11.5 Å². The number of anilines is 1. The summed E-state index contributed by atoms with van der Waals surface area (Å²) in [7, 11) is 0. The largest absolute Gasteiger partial charge is 0.449 e. The lowest BCUT2D eigenvalue weighted by Gasteiger charge is -2.34. The summed E-state index contributed by atoms with van der Waals surface area (Å²) in [4.78, 5) is 19.9. The molecule has 0 amide bonds. The number of nitro benzene ring substituents is 1. The predicted octanol–water partition coefficient (Wildman–Crippen LogP) is 5.58. The van der Waals surface area contributed by atoms with Crippen molar-refractivity contribution in [2.75, 3.05) is 5.73 Å². The van der Waals surface area contributed by atoms with Gasteiger partial charge in [0.05, 0.1) is 33.0 Å². The van der Waals surface area contributed by atoms with Gasteiger partial charge in [-0.3, -0.25) is 19.8 Å². The fourth-order valence-electron chi connectivity index (χ4n) is 3.95. The van der Waals surface area contributed by atoms with E-state index in [4.69, 9.17) is 10.5 Å². The van der Waals surface area contributed by atoms with Crippen molar-refractivity contribution in [2.24, 2.45) is 5.92 Å². The Morgan fingerprint density at radius 2 is 2.03 bits per heavy atom. The van der Waals surface area contributed by atoms with Gasteiger partial charge in [0.25, 0.3) is 0 Å². The highest BCUT2D eigenvalue weighted by Crippen LogP contribution is 2.43.